The third-order valence-corrected chi connectivity index (χ3v) is 3.50. The fraction of sp³-hybridized carbons (Fsp3) is 0.471. The van der Waals surface area contributed by atoms with E-state index in [1.807, 2.05) is 12.1 Å². The summed E-state index contributed by atoms with van der Waals surface area (Å²) in [7, 11) is 0. The van der Waals surface area contributed by atoms with E-state index in [-0.39, 0.29) is 17.1 Å². The second kappa shape index (κ2) is 6.81. The van der Waals surface area contributed by atoms with Crippen LogP contribution in [0.15, 0.2) is 22.7 Å². The van der Waals surface area contributed by atoms with Crippen LogP contribution in [0.5, 0.6) is 5.75 Å². The molecule has 6 heteroatoms. The average Bonchev–Trinajstić information content (AvgIpc) is 2.85. The highest BCUT2D eigenvalue weighted by atomic mass is 16.5. The van der Waals surface area contributed by atoms with Gasteiger partial charge in [-0.3, -0.25) is 4.79 Å². The van der Waals surface area contributed by atoms with Crippen LogP contribution in [0.25, 0.3) is 0 Å². The first kappa shape index (κ1) is 17.0. The summed E-state index contributed by atoms with van der Waals surface area (Å²) in [6.45, 7) is 8.00. The van der Waals surface area contributed by atoms with Crippen molar-refractivity contribution in [2.45, 2.75) is 52.4 Å². The van der Waals surface area contributed by atoms with Crippen molar-refractivity contribution in [3.05, 3.63) is 35.5 Å². The van der Waals surface area contributed by atoms with Crippen LogP contribution >= 0.6 is 0 Å². The summed E-state index contributed by atoms with van der Waals surface area (Å²) in [6, 6.07) is 5.29. The number of aryl methyl sites for hydroxylation is 2. The maximum absolute atomic E-state index is 12.0. The molecule has 0 radical (unpaired) electrons. The number of phenols is 1. The number of benzene rings is 1. The Hall–Kier alpha value is -2.37. The second-order valence-corrected chi connectivity index (χ2v) is 6.62. The van der Waals surface area contributed by atoms with Crippen molar-refractivity contribution >= 4 is 11.6 Å². The number of anilines is 1. The zero-order valence-corrected chi connectivity index (χ0v) is 14.0. The van der Waals surface area contributed by atoms with Crippen molar-refractivity contribution in [1.82, 2.24) is 10.1 Å². The Morgan fingerprint density at radius 3 is 2.70 bits per heavy atom. The average molecular weight is 317 g/mol. The topological polar surface area (TPSA) is 88.2 Å². The number of nitrogens with zero attached hydrogens (tertiary/aromatic N) is 2. The largest absolute Gasteiger partial charge is 0.506 e. The first-order valence-corrected chi connectivity index (χ1v) is 7.68. The lowest BCUT2D eigenvalue weighted by Crippen LogP contribution is -2.14. The Balaban J connectivity index is 1.92. The fourth-order valence-corrected chi connectivity index (χ4v) is 2.16. The van der Waals surface area contributed by atoms with Crippen molar-refractivity contribution in [1.29, 1.82) is 0 Å². The molecular formula is C17H23N3O3. The number of phenolic OH excluding ortho intramolecular Hbond substituents is 1. The van der Waals surface area contributed by atoms with Gasteiger partial charge in [0.25, 0.3) is 0 Å². The molecule has 1 heterocycles. The predicted molar refractivity (Wildman–Crippen MR) is 87.4 cm³/mol. The molecule has 0 spiro atoms. The molecule has 0 saturated carbocycles. The van der Waals surface area contributed by atoms with Gasteiger partial charge in [-0.2, -0.15) is 4.98 Å². The van der Waals surface area contributed by atoms with Crippen LogP contribution in [0.2, 0.25) is 0 Å². The molecule has 1 amide bonds. The third-order valence-electron chi connectivity index (χ3n) is 3.50. The smallest absolute Gasteiger partial charge is 0.226 e. The van der Waals surface area contributed by atoms with Crippen molar-refractivity contribution in [2.24, 2.45) is 0 Å². The summed E-state index contributed by atoms with van der Waals surface area (Å²) in [5, 5.41) is 16.4. The standard InChI is InChI=1S/C17H23N3O3/c1-11-18-16(23-20-11)7-5-6-15(22)19-13-10-12(17(2,3)4)8-9-14(13)21/h8-10,21H,5-7H2,1-4H3,(H,19,22). The molecule has 0 bridgehead atoms. The molecular weight excluding hydrogens is 294 g/mol. The Labute approximate surface area is 135 Å². The summed E-state index contributed by atoms with van der Waals surface area (Å²) in [4.78, 5) is 16.1. The van der Waals surface area contributed by atoms with Gasteiger partial charge in [0.2, 0.25) is 11.8 Å². The van der Waals surface area contributed by atoms with Crippen LogP contribution in [0, 0.1) is 6.92 Å². The molecule has 6 nitrogen and oxygen atoms in total. The highest BCUT2D eigenvalue weighted by Crippen LogP contribution is 2.30. The molecule has 124 valence electrons. The Morgan fingerprint density at radius 2 is 2.09 bits per heavy atom. The van der Waals surface area contributed by atoms with E-state index in [9.17, 15) is 9.90 Å². The van der Waals surface area contributed by atoms with E-state index in [0.29, 0.717) is 36.7 Å². The van der Waals surface area contributed by atoms with Gasteiger partial charge in [-0.1, -0.05) is 32.0 Å². The van der Waals surface area contributed by atoms with Crippen LogP contribution < -0.4 is 5.32 Å². The van der Waals surface area contributed by atoms with Crippen LogP contribution in [-0.2, 0) is 16.6 Å². The SMILES string of the molecule is Cc1noc(CCCC(=O)Nc2cc(C(C)(C)C)ccc2O)n1. The van der Waals surface area contributed by atoms with E-state index in [1.165, 1.54) is 0 Å². The van der Waals surface area contributed by atoms with Gasteiger partial charge in [0, 0.05) is 12.8 Å². The molecule has 1 aromatic carbocycles. The number of hydrogen-bond acceptors (Lipinski definition) is 5. The molecule has 0 unspecified atom stereocenters. The minimum absolute atomic E-state index is 0.0526. The minimum Gasteiger partial charge on any atom is -0.506 e. The second-order valence-electron chi connectivity index (χ2n) is 6.62. The molecule has 2 N–H and O–H groups in total. The highest BCUT2D eigenvalue weighted by Gasteiger charge is 2.16. The molecule has 0 aliphatic carbocycles. The van der Waals surface area contributed by atoms with Gasteiger partial charge in [0.15, 0.2) is 5.82 Å². The number of carbonyl (C=O) groups excluding carboxylic acids is 1. The lowest BCUT2D eigenvalue weighted by molar-refractivity contribution is -0.116. The number of carbonyl (C=O) groups is 1. The zero-order chi connectivity index (χ0) is 17.0. The van der Waals surface area contributed by atoms with Crippen molar-refractivity contribution in [3.63, 3.8) is 0 Å². The van der Waals surface area contributed by atoms with Gasteiger partial charge in [-0.25, -0.2) is 0 Å². The highest BCUT2D eigenvalue weighted by molar-refractivity contribution is 5.92. The van der Waals surface area contributed by atoms with Crippen molar-refractivity contribution < 1.29 is 14.4 Å². The van der Waals surface area contributed by atoms with Gasteiger partial charge in [0.1, 0.15) is 5.75 Å². The number of rotatable bonds is 5. The van der Waals surface area contributed by atoms with E-state index in [0.717, 1.165) is 5.56 Å². The van der Waals surface area contributed by atoms with E-state index >= 15 is 0 Å². The van der Waals surface area contributed by atoms with Crippen LogP contribution in [0.4, 0.5) is 5.69 Å². The predicted octanol–water partition coefficient (Wildman–Crippen LogP) is 3.34. The molecule has 1 aromatic heterocycles. The van der Waals surface area contributed by atoms with E-state index < -0.39 is 0 Å². The zero-order valence-electron chi connectivity index (χ0n) is 14.0. The van der Waals surface area contributed by atoms with Crippen molar-refractivity contribution in [2.75, 3.05) is 5.32 Å². The minimum atomic E-state index is -0.150. The molecule has 2 aromatic rings. The van der Waals surface area contributed by atoms with Gasteiger partial charge in [-0.05, 0) is 36.5 Å². The van der Waals surface area contributed by atoms with Gasteiger partial charge < -0.3 is 14.9 Å². The Morgan fingerprint density at radius 1 is 1.35 bits per heavy atom. The monoisotopic (exact) mass is 317 g/mol. The van der Waals surface area contributed by atoms with Gasteiger partial charge >= 0.3 is 0 Å². The summed E-state index contributed by atoms with van der Waals surface area (Å²) in [5.41, 5.74) is 1.44. The molecule has 0 atom stereocenters. The molecule has 0 aliphatic rings. The van der Waals surface area contributed by atoms with Gasteiger partial charge in [0.05, 0.1) is 5.69 Å². The first-order chi connectivity index (χ1) is 10.8. The molecule has 2 rings (SSSR count). The first-order valence-electron chi connectivity index (χ1n) is 7.68. The number of aromatic hydroxyl groups is 1. The number of amides is 1. The number of nitrogens with one attached hydrogen (secondary N) is 1. The van der Waals surface area contributed by atoms with Gasteiger partial charge in [-0.15, -0.1) is 0 Å². The summed E-state index contributed by atoms with van der Waals surface area (Å²) >= 11 is 0. The molecule has 0 aliphatic heterocycles. The normalized spacial score (nSPS) is 11.5. The fourth-order valence-electron chi connectivity index (χ4n) is 2.16. The lowest BCUT2D eigenvalue weighted by Gasteiger charge is -2.20. The van der Waals surface area contributed by atoms with E-state index in [1.54, 1.807) is 13.0 Å². The summed E-state index contributed by atoms with van der Waals surface area (Å²) in [6.07, 6.45) is 1.48. The quantitative estimate of drug-likeness (QED) is 0.826. The maximum Gasteiger partial charge on any atom is 0.226 e. The molecule has 0 saturated heterocycles. The van der Waals surface area contributed by atoms with E-state index in [4.69, 9.17) is 4.52 Å². The third kappa shape index (κ3) is 4.81. The number of hydrogen-bond donors (Lipinski definition) is 2. The number of aromatic nitrogens is 2. The molecule has 23 heavy (non-hydrogen) atoms. The maximum atomic E-state index is 12.0. The van der Waals surface area contributed by atoms with Crippen molar-refractivity contribution in [3.8, 4) is 5.75 Å². The Kier molecular flexibility index (Phi) is 5.03. The lowest BCUT2D eigenvalue weighted by atomic mass is 9.87. The van der Waals surface area contributed by atoms with Crippen LogP contribution in [-0.4, -0.2) is 21.2 Å². The Bertz CT molecular complexity index is 687. The van der Waals surface area contributed by atoms with Crippen LogP contribution in [0.3, 0.4) is 0 Å². The van der Waals surface area contributed by atoms with E-state index in [2.05, 4.69) is 36.2 Å². The van der Waals surface area contributed by atoms with Crippen LogP contribution in [0.1, 0.15) is 50.9 Å². The summed E-state index contributed by atoms with van der Waals surface area (Å²) < 4.78 is 5.00. The molecule has 0 fully saturated rings. The summed E-state index contributed by atoms with van der Waals surface area (Å²) in [5.74, 6) is 1.04.